The average molecular weight is 567 g/mol. The molecule has 3 rings (SSSR count). The van der Waals surface area contributed by atoms with Crippen LogP contribution in [-0.2, 0) is 14.3 Å². The number of hydrogen-bond donors (Lipinski definition) is 2. The van der Waals surface area contributed by atoms with Gasteiger partial charge in [0.05, 0.1) is 19.3 Å². The zero-order valence-corrected chi connectivity index (χ0v) is 22.4. The van der Waals surface area contributed by atoms with Gasteiger partial charge in [-0.05, 0) is 68.0 Å². The summed E-state index contributed by atoms with van der Waals surface area (Å²) < 4.78 is 15.6. The van der Waals surface area contributed by atoms with E-state index >= 15 is 0 Å². The summed E-state index contributed by atoms with van der Waals surface area (Å²) >= 11 is 18.2. The van der Waals surface area contributed by atoms with Crippen LogP contribution in [0.2, 0.25) is 10.0 Å². The van der Waals surface area contributed by atoms with Crippen molar-refractivity contribution >= 4 is 80.8 Å². The first-order chi connectivity index (χ1) is 17.1. The maximum Gasteiger partial charge on any atom is 0.348 e. The second kappa shape index (κ2) is 12.2. The predicted molar refractivity (Wildman–Crippen MR) is 144 cm³/mol. The number of carbonyl (C=O) groups is 3. The third-order valence-electron chi connectivity index (χ3n) is 4.63. The summed E-state index contributed by atoms with van der Waals surface area (Å²) in [5.74, 6) is -0.844. The molecule has 3 aromatic rings. The number of ether oxygens (including phenoxy) is 2. The number of thiophene rings is 1. The SMILES string of the molecule is CCOC(=O)c1c(NC(=S)NC(=O)/C=C/c2ccc(-c3cc(Cl)cc(Cl)c3)o2)sc(C(=O)OC)c1C. The van der Waals surface area contributed by atoms with Gasteiger partial charge >= 0.3 is 11.9 Å². The zero-order valence-electron chi connectivity index (χ0n) is 19.3. The summed E-state index contributed by atoms with van der Waals surface area (Å²) in [6, 6.07) is 8.43. The molecule has 188 valence electrons. The molecule has 1 amide bonds. The Hall–Kier alpha value is -3.18. The minimum atomic E-state index is -0.632. The number of furan rings is 1. The number of rotatable bonds is 7. The molecule has 0 fully saturated rings. The van der Waals surface area contributed by atoms with Crippen LogP contribution >= 0.6 is 46.8 Å². The topological polar surface area (TPSA) is 107 Å². The number of thiocarbonyl (C=S) groups is 1. The second-order valence-corrected chi connectivity index (χ2v) is 9.41. The van der Waals surface area contributed by atoms with Crippen LogP contribution in [-0.4, -0.2) is 36.7 Å². The molecule has 1 aromatic carbocycles. The number of methoxy groups -OCH3 is 1. The molecule has 0 saturated carbocycles. The fraction of sp³-hybridized carbons (Fsp3) is 0.167. The number of hydrogen-bond acceptors (Lipinski definition) is 8. The summed E-state index contributed by atoms with van der Waals surface area (Å²) in [5.41, 5.74) is 1.21. The molecule has 0 unspecified atom stereocenters. The standard InChI is InChI=1S/C24H20Cl2N2O6S2/c1-4-33-22(30)19-12(2)20(23(31)32-3)36-21(19)28-24(35)27-18(29)8-6-16-5-7-17(34-16)13-9-14(25)11-15(26)10-13/h5-11H,4H2,1-3H3,(H2,27,28,29,35)/b8-6+. The number of anilines is 1. The molecule has 0 aliphatic heterocycles. The molecule has 2 N–H and O–H groups in total. The number of benzene rings is 1. The van der Waals surface area contributed by atoms with Crippen molar-refractivity contribution in [3.8, 4) is 11.3 Å². The number of esters is 2. The maximum atomic E-state index is 12.4. The molecule has 0 spiro atoms. The van der Waals surface area contributed by atoms with Crippen LogP contribution < -0.4 is 10.6 Å². The first kappa shape index (κ1) is 27.4. The van der Waals surface area contributed by atoms with Crippen molar-refractivity contribution in [2.75, 3.05) is 19.0 Å². The minimum Gasteiger partial charge on any atom is -0.465 e. The van der Waals surface area contributed by atoms with E-state index in [4.69, 9.17) is 49.3 Å². The Balaban J connectivity index is 1.69. The van der Waals surface area contributed by atoms with E-state index in [1.54, 1.807) is 44.2 Å². The highest BCUT2D eigenvalue weighted by Gasteiger charge is 2.26. The first-order valence-corrected chi connectivity index (χ1v) is 12.4. The monoisotopic (exact) mass is 566 g/mol. The van der Waals surface area contributed by atoms with Crippen molar-refractivity contribution in [2.24, 2.45) is 0 Å². The third kappa shape index (κ3) is 6.73. The van der Waals surface area contributed by atoms with Crippen molar-refractivity contribution in [2.45, 2.75) is 13.8 Å². The van der Waals surface area contributed by atoms with Gasteiger partial charge in [-0.15, -0.1) is 11.3 Å². The summed E-state index contributed by atoms with van der Waals surface area (Å²) in [6.07, 6.45) is 2.69. The molecule has 12 heteroatoms. The molecule has 2 heterocycles. The lowest BCUT2D eigenvalue weighted by molar-refractivity contribution is -0.115. The molecule has 0 radical (unpaired) electrons. The van der Waals surface area contributed by atoms with Crippen molar-refractivity contribution < 1.29 is 28.3 Å². The van der Waals surface area contributed by atoms with Crippen LogP contribution in [0.3, 0.4) is 0 Å². The van der Waals surface area contributed by atoms with Gasteiger partial charge in [-0.25, -0.2) is 9.59 Å². The molecule has 8 nitrogen and oxygen atoms in total. The van der Waals surface area contributed by atoms with Crippen LogP contribution in [0.25, 0.3) is 17.4 Å². The Labute approximate surface area is 226 Å². The summed E-state index contributed by atoms with van der Waals surface area (Å²) in [6.45, 7) is 3.41. The predicted octanol–water partition coefficient (Wildman–Crippen LogP) is 6.11. The van der Waals surface area contributed by atoms with E-state index in [0.717, 1.165) is 11.3 Å². The van der Waals surface area contributed by atoms with Gasteiger partial charge in [0, 0.05) is 21.7 Å². The van der Waals surface area contributed by atoms with Crippen molar-refractivity contribution in [3.05, 3.63) is 68.2 Å². The number of amides is 1. The van der Waals surface area contributed by atoms with Gasteiger partial charge in [-0.2, -0.15) is 0 Å². The molecule has 0 aliphatic carbocycles. The Bertz CT molecular complexity index is 1340. The lowest BCUT2D eigenvalue weighted by Gasteiger charge is -2.09. The van der Waals surface area contributed by atoms with Crippen LogP contribution in [0.15, 0.2) is 40.8 Å². The largest absolute Gasteiger partial charge is 0.465 e. The second-order valence-electron chi connectivity index (χ2n) is 7.11. The Morgan fingerprint density at radius 2 is 1.83 bits per heavy atom. The van der Waals surface area contributed by atoms with Crippen molar-refractivity contribution in [1.82, 2.24) is 5.32 Å². The number of carbonyl (C=O) groups excluding carboxylic acids is 3. The smallest absolute Gasteiger partial charge is 0.348 e. The molecule has 36 heavy (non-hydrogen) atoms. The number of nitrogens with one attached hydrogen (secondary N) is 2. The van der Waals surface area contributed by atoms with E-state index < -0.39 is 17.8 Å². The Kier molecular flexibility index (Phi) is 9.27. The van der Waals surface area contributed by atoms with E-state index in [1.165, 1.54) is 19.3 Å². The Morgan fingerprint density at radius 1 is 1.14 bits per heavy atom. The molecule has 0 saturated heterocycles. The van der Waals surface area contributed by atoms with Gasteiger partial charge in [-0.1, -0.05) is 23.2 Å². The van der Waals surface area contributed by atoms with E-state index in [1.807, 2.05) is 0 Å². The molecular formula is C24H20Cl2N2O6S2. The highest BCUT2D eigenvalue weighted by Crippen LogP contribution is 2.34. The lowest BCUT2D eigenvalue weighted by atomic mass is 10.1. The fourth-order valence-corrected chi connectivity index (χ4v) is 4.99. The van der Waals surface area contributed by atoms with Crippen molar-refractivity contribution in [3.63, 3.8) is 0 Å². The summed E-state index contributed by atoms with van der Waals surface area (Å²) in [5, 5.41) is 6.36. The highest BCUT2D eigenvalue weighted by atomic mass is 35.5. The molecule has 0 atom stereocenters. The quantitative estimate of drug-likeness (QED) is 0.200. The van der Waals surface area contributed by atoms with E-state index in [2.05, 4.69) is 10.6 Å². The normalized spacial score (nSPS) is 10.8. The highest BCUT2D eigenvalue weighted by molar-refractivity contribution is 7.80. The lowest BCUT2D eigenvalue weighted by Crippen LogP contribution is -2.33. The van der Waals surface area contributed by atoms with Crippen LogP contribution in [0.5, 0.6) is 0 Å². The van der Waals surface area contributed by atoms with Gasteiger partial charge in [-0.3, -0.25) is 10.1 Å². The van der Waals surface area contributed by atoms with Gasteiger partial charge in [0.2, 0.25) is 5.91 Å². The molecule has 2 aromatic heterocycles. The first-order valence-electron chi connectivity index (χ1n) is 10.4. The van der Waals surface area contributed by atoms with Gasteiger partial charge in [0.25, 0.3) is 0 Å². The van der Waals surface area contributed by atoms with Crippen molar-refractivity contribution in [1.29, 1.82) is 0 Å². The van der Waals surface area contributed by atoms with Crippen LogP contribution in [0.4, 0.5) is 5.00 Å². The fourth-order valence-electron chi connectivity index (χ4n) is 3.08. The third-order valence-corrected chi connectivity index (χ3v) is 6.46. The zero-order chi connectivity index (χ0) is 26.4. The van der Waals surface area contributed by atoms with Gasteiger partial charge in [0.1, 0.15) is 21.4 Å². The molecular weight excluding hydrogens is 547 g/mol. The molecule has 0 bridgehead atoms. The Morgan fingerprint density at radius 3 is 2.47 bits per heavy atom. The van der Waals surface area contributed by atoms with E-state index in [-0.39, 0.29) is 27.2 Å². The van der Waals surface area contributed by atoms with Gasteiger partial charge in [0.15, 0.2) is 5.11 Å². The summed E-state index contributed by atoms with van der Waals surface area (Å²) in [4.78, 5) is 37.1. The average Bonchev–Trinajstić information content (AvgIpc) is 3.41. The minimum absolute atomic E-state index is 0.0819. The van der Waals surface area contributed by atoms with Gasteiger partial charge < -0.3 is 19.2 Å². The number of halogens is 2. The van der Waals surface area contributed by atoms with Crippen LogP contribution in [0, 0.1) is 6.92 Å². The van der Waals surface area contributed by atoms with E-state index in [0.29, 0.717) is 32.7 Å². The summed E-state index contributed by atoms with van der Waals surface area (Å²) in [7, 11) is 1.24. The van der Waals surface area contributed by atoms with E-state index in [9.17, 15) is 14.4 Å². The maximum absolute atomic E-state index is 12.4. The molecule has 0 aliphatic rings. The van der Waals surface area contributed by atoms with Crippen LogP contribution in [0.1, 0.15) is 38.3 Å².